The number of benzene rings is 1. The van der Waals surface area contributed by atoms with Gasteiger partial charge in [-0.2, -0.15) is 0 Å². The van der Waals surface area contributed by atoms with Crippen molar-refractivity contribution < 1.29 is 14.6 Å². The number of ether oxygens (including phenoxy) is 1. The Labute approximate surface area is 107 Å². The first kappa shape index (κ1) is 14.3. The van der Waals surface area contributed by atoms with Gasteiger partial charge in [0, 0.05) is 20.0 Å². The largest absolute Gasteiger partial charge is 0.504 e. The standard InChI is InChI=1S/C13H20N2O3/c1-15(13(17)4-3-7-14)9-10-5-6-12(18-2)11(16)8-10/h5-6,8,16H,3-4,7,9,14H2,1-2H3. The zero-order chi connectivity index (χ0) is 13.5. The lowest BCUT2D eigenvalue weighted by Gasteiger charge is -2.17. The Bertz CT molecular complexity index is 407. The molecule has 5 heteroatoms. The van der Waals surface area contributed by atoms with E-state index in [1.807, 2.05) is 6.07 Å². The van der Waals surface area contributed by atoms with Crippen LogP contribution in [0.25, 0.3) is 0 Å². The first-order valence-electron chi connectivity index (χ1n) is 5.88. The lowest BCUT2D eigenvalue weighted by Crippen LogP contribution is -2.26. The highest BCUT2D eigenvalue weighted by molar-refractivity contribution is 5.75. The Balaban J connectivity index is 2.61. The van der Waals surface area contributed by atoms with Gasteiger partial charge >= 0.3 is 0 Å². The minimum absolute atomic E-state index is 0.0516. The topological polar surface area (TPSA) is 75.8 Å². The minimum atomic E-state index is 0.0516. The predicted octanol–water partition coefficient (Wildman–Crippen LogP) is 1.10. The molecule has 1 rings (SSSR count). The number of nitrogens with two attached hydrogens (primary N) is 1. The van der Waals surface area contributed by atoms with Crippen LogP contribution in [0.2, 0.25) is 0 Å². The van der Waals surface area contributed by atoms with Gasteiger partial charge in [-0.3, -0.25) is 4.79 Å². The highest BCUT2D eigenvalue weighted by Gasteiger charge is 2.10. The van der Waals surface area contributed by atoms with Crippen LogP contribution < -0.4 is 10.5 Å². The molecule has 0 spiro atoms. The minimum Gasteiger partial charge on any atom is -0.504 e. The molecule has 0 aliphatic rings. The number of aromatic hydroxyl groups is 1. The highest BCUT2D eigenvalue weighted by atomic mass is 16.5. The summed E-state index contributed by atoms with van der Waals surface area (Å²) in [6.07, 6.45) is 1.15. The molecule has 5 nitrogen and oxygen atoms in total. The second kappa shape index (κ2) is 6.86. The predicted molar refractivity (Wildman–Crippen MR) is 69.4 cm³/mol. The summed E-state index contributed by atoms with van der Waals surface area (Å²) in [4.78, 5) is 13.3. The lowest BCUT2D eigenvalue weighted by molar-refractivity contribution is -0.130. The first-order valence-corrected chi connectivity index (χ1v) is 5.88. The second-order valence-electron chi connectivity index (χ2n) is 4.15. The Morgan fingerprint density at radius 1 is 1.50 bits per heavy atom. The van der Waals surface area contributed by atoms with E-state index in [0.29, 0.717) is 31.7 Å². The third-order valence-corrected chi connectivity index (χ3v) is 2.68. The Morgan fingerprint density at radius 3 is 2.78 bits per heavy atom. The molecule has 3 N–H and O–H groups in total. The fraction of sp³-hybridized carbons (Fsp3) is 0.462. The molecule has 0 unspecified atom stereocenters. The van der Waals surface area contributed by atoms with Gasteiger partial charge in [-0.25, -0.2) is 0 Å². The maximum absolute atomic E-state index is 11.7. The quantitative estimate of drug-likeness (QED) is 0.795. The van der Waals surface area contributed by atoms with Gasteiger partial charge in [0.2, 0.25) is 5.91 Å². The van der Waals surface area contributed by atoms with Crippen molar-refractivity contribution in [3.05, 3.63) is 23.8 Å². The molecular weight excluding hydrogens is 232 g/mol. The van der Waals surface area contributed by atoms with E-state index < -0.39 is 0 Å². The third kappa shape index (κ3) is 3.92. The molecule has 0 saturated heterocycles. The fourth-order valence-corrected chi connectivity index (χ4v) is 1.64. The van der Waals surface area contributed by atoms with Crippen LogP contribution in [0.5, 0.6) is 11.5 Å². The van der Waals surface area contributed by atoms with Gasteiger partial charge in [0.05, 0.1) is 7.11 Å². The molecule has 0 saturated carbocycles. The zero-order valence-electron chi connectivity index (χ0n) is 10.8. The summed E-state index contributed by atoms with van der Waals surface area (Å²) in [6, 6.07) is 5.11. The molecule has 0 bridgehead atoms. The molecule has 1 aromatic carbocycles. The molecule has 1 amide bonds. The molecule has 0 radical (unpaired) electrons. The number of phenolic OH excluding ortho intramolecular Hbond substituents is 1. The smallest absolute Gasteiger partial charge is 0.222 e. The van der Waals surface area contributed by atoms with Crippen LogP contribution in [-0.4, -0.2) is 36.6 Å². The van der Waals surface area contributed by atoms with Crippen LogP contribution in [0.1, 0.15) is 18.4 Å². The maximum Gasteiger partial charge on any atom is 0.222 e. The van der Waals surface area contributed by atoms with Crippen molar-refractivity contribution in [1.29, 1.82) is 0 Å². The van der Waals surface area contributed by atoms with Crippen molar-refractivity contribution in [3.8, 4) is 11.5 Å². The molecule has 1 aromatic rings. The number of nitrogens with zero attached hydrogens (tertiary/aromatic N) is 1. The molecule has 0 aromatic heterocycles. The van der Waals surface area contributed by atoms with E-state index in [1.54, 1.807) is 24.1 Å². The van der Waals surface area contributed by atoms with Crippen LogP contribution >= 0.6 is 0 Å². The normalized spacial score (nSPS) is 10.2. The van der Waals surface area contributed by atoms with Crippen molar-refractivity contribution in [2.24, 2.45) is 5.73 Å². The van der Waals surface area contributed by atoms with E-state index in [4.69, 9.17) is 10.5 Å². The van der Waals surface area contributed by atoms with Crippen molar-refractivity contribution in [2.45, 2.75) is 19.4 Å². The van der Waals surface area contributed by atoms with Crippen LogP contribution in [0.15, 0.2) is 18.2 Å². The number of methoxy groups -OCH3 is 1. The van der Waals surface area contributed by atoms with Gasteiger partial charge in [0.25, 0.3) is 0 Å². The summed E-state index contributed by atoms with van der Waals surface area (Å²) in [7, 11) is 3.23. The van der Waals surface area contributed by atoms with Crippen molar-refractivity contribution in [1.82, 2.24) is 4.90 Å². The highest BCUT2D eigenvalue weighted by Crippen LogP contribution is 2.26. The summed E-state index contributed by atoms with van der Waals surface area (Å²) in [6.45, 7) is 0.976. The summed E-state index contributed by atoms with van der Waals surface area (Å²) in [5, 5.41) is 9.64. The Morgan fingerprint density at radius 2 is 2.22 bits per heavy atom. The van der Waals surface area contributed by atoms with Crippen LogP contribution in [0.4, 0.5) is 0 Å². The van der Waals surface area contributed by atoms with Crippen LogP contribution in [-0.2, 0) is 11.3 Å². The van der Waals surface area contributed by atoms with E-state index in [0.717, 1.165) is 5.56 Å². The number of carbonyl (C=O) groups excluding carboxylic acids is 1. The second-order valence-corrected chi connectivity index (χ2v) is 4.15. The number of amides is 1. The summed E-state index contributed by atoms with van der Waals surface area (Å²) in [5.41, 5.74) is 6.22. The molecule has 0 aliphatic carbocycles. The Hall–Kier alpha value is -1.75. The fourth-order valence-electron chi connectivity index (χ4n) is 1.64. The summed E-state index contributed by atoms with van der Waals surface area (Å²) >= 11 is 0. The van der Waals surface area contributed by atoms with Gasteiger partial charge in [-0.15, -0.1) is 0 Å². The number of hydrogen-bond acceptors (Lipinski definition) is 4. The van der Waals surface area contributed by atoms with Gasteiger partial charge in [0.15, 0.2) is 11.5 Å². The van der Waals surface area contributed by atoms with Gasteiger partial charge in [-0.1, -0.05) is 6.07 Å². The molecule has 0 aliphatic heterocycles. The monoisotopic (exact) mass is 252 g/mol. The van der Waals surface area contributed by atoms with Gasteiger partial charge in [0.1, 0.15) is 0 Å². The van der Waals surface area contributed by atoms with E-state index in [1.165, 1.54) is 7.11 Å². The first-order chi connectivity index (χ1) is 8.58. The number of hydrogen-bond donors (Lipinski definition) is 2. The van der Waals surface area contributed by atoms with E-state index in [9.17, 15) is 9.90 Å². The summed E-state index contributed by atoms with van der Waals surface area (Å²) in [5.74, 6) is 0.560. The number of phenols is 1. The lowest BCUT2D eigenvalue weighted by atomic mass is 10.2. The molecule has 0 heterocycles. The number of rotatable bonds is 6. The third-order valence-electron chi connectivity index (χ3n) is 2.68. The molecule has 0 fully saturated rings. The van der Waals surface area contributed by atoms with E-state index >= 15 is 0 Å². The molecule has 0 atom stereocenters. The van der Waals surface area contributed by atoms with Crippen LogP contribution in [0, 0.1) is 0 Å². The van der Waals surface area contributed by atoms with Crippen molar-refractivity contribution in [2.75, 3.05) is 20.7 Å². The average molecular weight is 252 g/mol. The van der Waals surface area contributed by atoms with E-state index in [2.05, 4.69) is 0 Å². The van der Waals surface area contributed by atoms with Crippen LogP contribution in [0.3, 0.4) is 0 Å². The SMILES string of the molecule is COc1ccc(CN(C)C(=O)CCCN)cc1O. The Kier molecular flexibility index (Phi) is 5.45. The summed E-state index contributed by atoms with van der Waals surface area (Å²) < 4.78 is 4.96. The van der Waals surface area contributed by atoms with Crippen molar-refractivity contribution >= 4 is 5.91 Å². The van der Waals surface area contributed by atoms with Crippen molar-refractivity contribution in [3.63, 3.8) is 0 Å². The maximum atomic E-state index is 11.7. The number of carbonyl (C=O) groups is 1. The molecule has 18 heavy (non-hydrogen) atoms. The molecular formula is C13H20N2O3. The van der Waals surface area contributed by atoms with Gasteiger partial charge < -0.3 is 20.5 Å². The zero-order valence-corrected chi connectivity index (χ0v) is 10.8. The van der Waals surface area contributed by atoms with E-state index in [-0.39, 0.29) is 11.7 Å². The average Bonchev–Trinajstić information content (AvgIpc) is 2.36. The van der Waals surface area contributed by atoms with Gasteiger partial charge in [-0.05, 0) is 30.7 Å². The molecule has 100 valence electrons.